The zero-order chi connectivity index (χ0) is 14.8. The number of aliphatic hydroxyl groups is 2. The van der Waals surface area contributed by atoms with Crippen molar-refractivity contribution in [1.82, 2.24) is 4.72 Å². The van der Waals surface area contributed by atoms with E-state index in [1.807, 2.05) is 6.92 Å². The van der Waals surface area contributed by atoms with Crippen LogP contribution in [-0.2, 0) is 10.0 Å². The van der Waals surface area contributed by atoms with Crippen LogP contribution in [0.4, 0.5) is 0 Å². The first kappa shape index (κ1) is 15.4. The summed E-state index contributed by atoms with van der Waals surface area (Å²) in [5.74, 6) is 0. The van der Waals surface area contributed by atoms with Gasteiger partial charge in [0.1, 0.15) is 5.60 Å². The second-order valence-corrected chi connectivity index (χ2v) is 7.05. The van der Waals surface area contributed by atoms with Crippen LogP contribution in [0.3, 0.4) is 0 Å². The van der Waals surface area contributed by atoms with Crippen molar-refractivity contribution in [1.29, 1.82) is 0 Å². The fourth-order valence-electron chi connectivity index (χ4n) is 2.51. The van der Waals surface area contributed by atoms with Gasteiger partial charge in [-0.3, -0.25) is 0 Å². The fraction of sp³-hybridized carbons (Fsp3) is 0.571. The lowest BCUT2D eigenvalue weighted by atomic mass is 9.69. The van der Waals surface area contributed by atoms with Crippen molar-refractivity contribution in [2.24, 2.45) is 0 Å². The second kappa shape index (κ2) is 5.81. The van der Waals surface area contributed by atoms with Crippen LogP contribution in [0.15, 0.2) is 35.2 Å². The maximum atomic E-state index is 12.2. The minimum Gasteiger partial charge on any atom is -0.390 e. The summed E-state index contributed by atoms with van der Waals surface area (Å²) in [5, 5.41) is 20.1. The van der Waals surface area contributed by atoms with E-state index in [4.69, 9.17) is 0 Å². The molecule has 0 aromatic heterocycles. The van der Waals surface area contributed by atoms with Crippen molar-refractivity contribution in [3.63, 3.8) is 0 Å². The van der Waals surface area contributed by atoms with E-state index < -0.39 is 27.8 Å². The Morgan fingerprint density at radius 1 is 1.35 bits per heavy atom. The normalized spacial score (nSPS) is 29.9. The van der Waals surface area contributed by atoms with E-state index in [-0.39, 0.29) is 11.3 Å². The average Bonchev–Trinajstić information content (AvgIpc) is 2.45. The second-order valence-electron chi connectivity index (χ2n) is 5.33. The van der Waals surface area contributed by atoms with Gasteiger partial charge >= 0.3 is 0 Å². The summed E-state index contributed by atoms with van der Waals surface area (Å²) in [7, 11) is -3.66. The zero-order valence-corrected chi connectivity index (χ0v) is 12.3. The lowest BCUT2D eigenvalue weighted by Gasteiger charge is -2.49. The van der Waals surface area contributed by atoms with E-state index in [0.29, 0.717) is 6.42 Å². The fourth-order valence-corrected chi connectivity index (χ4v) is 3.84. The molecule has 112 valence electrons. The van der Waals surface area contributed by atoms with Crippen molar-refractivity contribution in [2.75, 3.05) is 0 Å². The number of hydrogen-bond donors (Lipinski definition) is 3. The predicted molar refractivity (Wildman–Crippen MR) is 75.7 cm³/mol. The molecule has 0 saturated heterocycles. The molecular formula is C14H21NO4S. The first-order chi connectivity index (χ1) is 9.40. The Morgan fingerprint density at radius 2 is 2.00 bits per heavy atom. The molecule has 5 nitrogen and oxygen atoms in total. The van der Waals surface area contributed by atoms with Gasteiger partial charge in [0, 0.05) is 0 Å². The minimum atomic E-state index is -3.66. The Hall–Kier alpha value is -0.950. The van der Waals surface area contributed by atoms with Crippen LogP contribution >= 0.6 is 0 Å². The van der Waals surface area contributed by atoms with E-state index in [9.17, 15) is 18.6 Å². The molecule has 3 atom stereocenters. The summed E-state index contributed by atoms with van der Waals surface area (Å²) in [6.07, 6.45) is 1.40. The Kier molecular flexibility index (Phi) is 4.49. The highest BCUT2D eigenvalue weighted by Gasteiger charge is 2.54. The Bertz CT molecular complexity index is 546. The lowest BCUT2D eigenvalue weighted by Crippen LogP contribution is -2.69. The zero-order valence-electron chi connectivity index (χ0n) is 11.5. The van der Waals surface area contributed by atoms with Crippen LogP contribution in [0.25, 0.3) is 0 Å². The first-order valence-electron chi connectivity index (χ1n) is 6.88. The van der Waals surface area contributed by atoms with Crippen LogP contribution in [0.5, 0.6) is 0 Å². The molecule has 0 spiro atoms. The standard InChI is InChI=1S/C14H21NO4S/c1-2-3-9-14(17)12(10-13(14)16)15-20(18,19)11-7-5-4-6-8-11/h4-8,12-13,15-17H,2-3,9-10H2,1H3/t12-,13-,14+/m1/s1. The van der Waals surface area contributed by atoms with Gasteiger partial charge in [-0.25, -0.2) is 13.1 Å². The number of nitrogens with one attached hydrogen (secondary N) is 1. The highest BCUT2D eigenvalue weighted by molar-refractivity contribution is 7.89. The molecule has 0 bridgehead atoms. The molecule has 6 heteroatoms. The molecule has 1 aliphatic rings. The van der Waals surface area contributed by atoms with E-state index in [1.54, 1.807) is 18.2 Å². The molecular weight excluding hydrogens is 278 g/mol. The van der Waals surface area contributed by atoms with Crippen molar-refractivity contribution >= 4 is 10.0 Å². The SMILES string of the molecule is CCCC[C@@]1(O)[C@H](O)C[C@H]1NS(=O)(=O)c1ccccc1. The molecule has 1 aliphatic carbocycles. The van der Waals surface area contributed by atoms with Gasteiger partial charge in [0.25, 0.3) is 0 Å². The van der Waals surface area contributed by atoms with Gasteiger partial charge in [0.05, 0.1) is 17.0 Å². The summed E-state index contributed by atoms with van der Waals surface area (Å²) in [6.45, 7) is 1.98. The van der Waals surface area contributed by atoms with Crippen LogP contribution < -0.4 is 4.72 Å². The molecule has 20 heavy (non-hydrogen) atoms. The smallest absolute Gasteiger partial charge is 0.240 e. The van der Waals surface area contributed by atoms with Gasteiger partial charge < -0.3 is 10.2 Å². The maximum Gasteiger partial charge on any atom is 0.240 e. The first-order valence-corrected chi connectivity index (χ1v) is 8.36. The molecule has 1 aromatic carbocycles. The molecule has 1 fully saturated rings. The summed E-state index contributed by atoms with van der Waals surface area (Å²) in [4.78, 5) is 0.166. The molecule has 1 saturated carbocycles. The average molecular weight is 299 g/mol. The Balaban J connectivity index is 2.10. The largest absolute Gasteiger partial charge is 0.390 e. The number of rotatable bonds is 6. The van der Waals surface area contributed by atoms with Crippen LogP contribution in [0.2, 0.25) is 0 Å². The predicted octanol–water partition coefficient (Wildman–Crippen LogP) is 1.02. The molecule has 0 amide bonds. The number of hydrogen-bond acceptors (Lipinski definition) is 4. The van der Waals surface area contributed by atoms with Crippen molar-refractivity contribution in [3.8, 4) is 0 Å². The highest BCUT2D eigenvalue weighted by Crippen LogP contribution is 2.37. The van der Waals surface area contributed by atoms with Crippen LogP contribution in [0.1, 0.15) is 32.6 Å². The molecule has 0 heterocycles. The van der Waals surface area contributed by atoms with Gasteiger partial charge in [-0.05, 0) is 25.0 Å². The van der Waals surface area contributed by atoms with Crippen molar-refractivity contribution in [2.45, 2.75) is 55.2 Å². The molecule has 0 aliphatic heterocycles. The summed E-state index contributed by atoms with van der Waals surface area (Å²) < 4.78 is 26.9. The Morgan fingerprint density at radius 3 is 2.55 bits per heavy atom. The third-order valence-corrected chi connectivity index (χ3v) is 5.41. The van der Waals surface area contributed by atoms with Crippen molar-refractivity contribution < 1.29 is 18.6 Å². The van der Waals surface area contributed by atoms with E-state index >= 15 is 0 Å². The third kappa shape index (κ3) is 2.88. The van der Waals surface area contributed by atoms with E-state index in [0.717, 1.165) is 12.8 Å². The highest BCUT2D eigenvalue weighted by atomic mass is 32.2. The van der Waals surface area contributed by atoms with E-state index in [1.165, 1.54) is 12.1 Å². The molecule has 1 aromatic rings. The molecule has 2 rings (SSSR count). The maximum absolute atomic E-state index is 12.2. The van der Waals surface area contributed by atoms with Gasteiger partial charge in [0.15, 0.2) is 0 Å². The quantitative estimate of drug-likeness (QED) is 0.732. The Labute approximate surface area is 119 Å². The third-order valence-electron chi connectivity index (χ3n) is 3.92. The van der Waals surface area contributed by atoms with E-state index in [2.05, 4.69) is 4.72 Å². The van der Waals surface area contributed by atoms with Gasteiger partial charge in [-0.1, -0.05) is 38.0 Å². The molecule has 0 unspecified atom stereocenters. The lowest BCUT2D eigenvalue weighted by molar-refractivity contribution is -0.168. The topological polar surface area (TPSA) is 86.6 Å². The number of unbranched alkanes of at least 4 members (excludes halogenated alkanes) is 1. The van der Waals surface area contributed by atoms with Crippen LogP contribution in [0, 0.1) is 0 Å². The number of sulfonamides is 1. The van der Waals surface area contributed by atoms with Gasteiger partial charge in [0.2, 0.25) is 10.0 Å². The monoisotopic (exact) mass is 299 g/mol. The summed E-state index contributed by atoms with van der Waals surface area (Å²) in [6, 6.07) is 7.41. The van der Waals surface area contributed by atoms with Gasteiger partial charge in [-0.2, -0.15) is 0 Å². The molecule has 0 radical (unpaired) electrons. The summed E-state index contributed by atoms with van der Waals surface area (Å²) in [5.41, 5.74) is -1.35. The van der Waals surface area contributed by atoms with Crippen LogP contribution in [-0.4, -0.2) is 36.4 Å². The summed E-state index contributed by atoms with van der Waals surface area (Å²) >= 11 is 0. The van der Waals surface area contributed by atoms with Gasteiger partial charge in [-0.15, -0.1) is 0 Å². The number of benzene rings is 1. The molecule has 3 N–H and O–H groups in total. The van der Waals surface area contributed by atoms with Crippen molar-refractivity contribution in [3.05, 3.63) is 30.3 Å². The number of aliphatic hydroxyl groups excluding tert-OH is 1. The minimum absolute atomic E-state index is 0.166.